The molecule has 0 saturated carbocycles. The van der Waals surface area contributed by atoms with Crippen molar-refractivity contribution in [3.63, 3.8) is 0 Å². The number of nitrogens with zero attached hydrogens (tertiary/aromatic N) is 1. The molecule has 3 rings (SSSR count). The average molecular weight is 366 g/mol. The number of carbonyl (C=O) groups is 1. The molecule has 0 saturated heterocycles. The fourth-order valence-electron chi connectivity index (χ4n) is 2.96. The Morgan fingerprint density at radius 1 is 0.808 bits per heavy atom. The Balaban J connectivity index is 0.00000243. The summed E-state index contributed by atoms with van der Waals surface area (Å²) in [7, 11) is 4.14. The number of halogens is 1. The lowest BCUT2D eigenvalue weighted by Crippen LogP contribution is -2.10. The third-order valence-corrected chi connectivity index (χ3v) is 4.32. The molecule has 3 aromatic rings. The van der Waals surface area contributed by atoms with Crippen molar-refractivity contribution >= 4 is 18.2 Å². The Morgan fingerprint density at radius 3 is 1.88 bits per heavy atom. The molecular formula is C23H24ClNO. The maximum absolute atomic E-state index is 12.7. The molecule has 0 aliphatic carbocycles. The topological polar surface area (TPSA) is 20.3 Å². The summed E-state index contributed by atoms with van der Waals surface area (Å²) in [6, 6.07) is 24.2. The maximum atomic E-state index is 12.7. The van der Waals surface area contributed by atoms with Crippen LogP contribution in [0.2, 0.25) is 0 Å². The first kappa shape index (κ1) is 19.9. The van der Waals surface area contributed by atoms with E-state index in [2.05, 4.69) is 43.3 Å². The molecule has 0 aliphatic rings. The maximum Gasteiger partial charge on any atom is 0.193 e. The van der Waals surface area contributed by atoms with Gasteiger partial charge in [0, 0.05) is 17.7 Å². The molecule has 0 bridgehead atoms. The van der Waals surface area contributed by atoms with Gasteiger partial charge >= 0.3 is 0 Å². The zero-order chi connectivity index (χ0) is 17.8. The van der Waals surface area contributed by atoms with Crippen molar-refractivity contribution in [2.45, 2.75) is 13.5 Å². The summed E-state index contributed by atoms with van der Waals surface area (Å²) in [6.07, 6.45) is 0. The monoisotopic (exact) mass is 365 g/mol. The number of benzene rings is 3. The van der Waals surface area contributed by atoms with E-state index in [9.17, 15) is 4.79 Å². The summed E-state index contributed by atoms with van der Waals surface area (Å²) in [5.74, 6) is 0.0750. The van der Waals surface area contributed by atoms with E-state index in [0.29, 0.717) is 0 Å². The van der Waals surface area contributed by atoms with Gasteiger partial charge in [0.1, 0.15) is 0 Å². The molecule has 0 spiro atoms. The van der Waals surface area contributed by atoms with Gasteiger partial charge in [-0.25, -0.2) is 0 Å². The van der Waals surface area contributed by atoms with E-state index < -0.39 is 0 Å². The van der Waals surface area contributed by atoms with E-state index in [1.165, 1.54) is 5.56 Å². The van der Waals surface area contributed by atoms with Gasteiger partial charge in [-0.2, -0.15) is 0 Å². The van der Waals surface area contributed by atoms with E-state index >= 15 is 0 Å². The molecule has 0 atom stereocenters. The molecule has 0 unspecified atom stereocenters. The summed E-state index contributed by atoms with van der Waals surface area (Å²) in [6.45, 7) is 2.90. The standard InChI is InChI=1S/C23H23NO.ClH/c1-17-6-4-5-7-22(17)23(25)21-14-12-20(13-15-21)19-10-8-18(9-11-19)16-24(2)3;/h4-15H,16H2,1-3H3;1H. The minimum atomic E-state index is 0. The summed E-state index contributed by atoms with van der Waals surface area (Å²) < 4.78 is 0. The molecule has 3 heteroatoms. The second-order valence-electron chi connectivity index (χ2n) is 6.66. The van der Waals surface area contributed by atoms with Crippen LogP contribution in [0.25, 0.3) is 11.1 Å². The van der Waals surface area contributed by atoms with Crippen LogP contribution in [0.1, 0.15) is 27.0 Å². The zero-order valence-corrected chi connectivity index (χ0v) is 16.2. The highest BCUT2D eigenvalue weighted by Crippen LogP contribution is 2.22. The molecule has 0 amide bonds. The minimum Gasteiger partial charge on any atom is -0.305 e. The van der Waals surface area contributed by atoms with Crippen molar-refractivity contribution < 1.29 is 4.79 Å². The van der Waals surface area contributed by atoms with Crippen LogP contribution in [-0.4, -0.2) is 24.8 Å². The summed E-state index contributed by atoms with van der Waals surface area (Å²) >= 11 is 0. The van der Waals surface area contributed by atoms with Crippen molar-refractivity contribution in [1.29, 1.82) is 0 Å². The number of hydrogen-bond acceptors (Lipinski definition) is 2. The molecule has 0 aromatic heterocycles. The largest absolute Gasteiger partial charge is 0.305 e. The van der Waals surface area contributed by atoms with Crippen molar-refractivity contribution in [3.8, 4) is 11.1 Å². The fraction of sp³-hybridized carbons (Fsp3) is 0.174. The van der Waals surface area contributed by atoms with E-state index in [-0.39, 0.29) is 18.2 Å². The van der Waals surface area contributed by atoms with Crippen LogP contribution >= 0.6 is 12.4 Å². The second-order valence-corrected chi connectivity index (χ2v) is 6.66. The molecule has 0 heterocycles. The first-order chi connectivity index (χ1) is 12.0. The predicted molar refractivity (Wildman–Crippen MR) is 111 cm³/mol. The van der Waals surface area contributed by atoms with Gasteiger partial charge in [-0.05, 0) is 43.3 Å². The Bertz CT molecular complexity index is 867. The molecular weight excluding hydrogens is 342 g/mol. The average Bonchev–Trinajstić information content (AvgIpc) is 2.62. The van der Waals surface area contributed by atoms with Gasteiger partial charge in [-0.3, -0.25) is 4.79 Å². The van der Waals surface area contributed by atoms with Crippen LogP contribution in [0.15, 0.2) is 72.8 Å². The van der Waals surface area contributed by atoms with Crippen molar-refractivity contribution in [3.05, 3.63) is 95.1 Å². The highest BCUT2D eigenvalue weighted by molar-refractivity contribution is 6.10. The quantitative estimate of drug-likeness (QED) is 0.566. The van der Waals surface area contributed by atoms with Crippen LogP contribution in [0, 0.1) is 6.92 Å². The molecule has 26 heavy (non-hydrogen) atoms. The van der Waals surface area contributed by atoms with Crippen LogP contribution in [0.4, 0.5) is 0 Å². The Labute approximate surface area is 161 Å². The third-order valence-electron chi connectivity index (χ3n) is 4.32. The van der Waals surface area contributed by atoms with Gasteiger partial charge in [-0.15, -0.1) is 12.4 Å². The number of aryl methyl sites for hydroxylation is 1. The molecule has 0 N–H and O–H groups in total. The predicted octanol–water partition coefficient (Wildman–Crippen LogP) is 5.38. The van der Waals surface area contributed by atoms with Gasteiger partial charge in [0.25, 0.3) is 0 Å². The SMILES string of the molecule is Cc1ccccc1C(=O)c1ccc(-c2ccc(CN(C)C)cc2)cc1.Cl. The summed E-state index contributed by atoms with van der Waals surface area (Å²) in [4.78, 5) is 14.8. The Morgan fingerprint density at radius 2 is 1.35 bits per heavy atom. The third kappa shape index (κ3) is 4.60. The van der Waals surface area contributed by atoms with Crippen LogP contribution in [0.3, 0.4) is 0 Å². The molecule has 0 radical (unpaired) electrons. The van der Waals surface area contributed by atoms with Crippen molar-refractivity contribution in [2.75, 3.05) is 14.1 Å². The van der Waals surface area contributed by atoms with Gasteiger partial charge in [0.2, 0.25) is 0 Å². The lowest BCUT2D eigenvalue weighted by atomic mass is 9.97. The summed E-state index contributed by atoms with van der Waals surface area (Å²) in [5.41, 5.74) is 6.08. The lowest BCUT2D eigenvalue weighted by molar-refractivity contribution is 0.103. The number of rotatable bonds is 5. The number of ketones is 1. The molecule has 0 aliphatic heterocycles. The highest BCUT2D eigenvalue weighted by Gasteiger charge is 2.11. The minimum absolute atomic E-state index is 0. The first-order valence-electron chi connectivity index (χ1n) is 8.49. The Hall–Kier alpha value is -2.42. The molecule has 134 valence electrons. The zero-order valence-electron chi connectivity index (χ0n) is 15.4. The van der Waals surface area contributed by atoms with Gasteiger partial charge in [-0.1, -0.05) is 72.8 Å². The van der Waals surface area contributed by atoms with E-state index in [1.54, 1.807) is 0 Å². The Kier molecular flexibility index (Phi) is 6.73. The van der Waals surface area contributed by atoms with Crippen molar-refractivity contribution in [1.82, 2.24) is 4.90 Å². The van der Waals surface area contributed by atoms with Gasteiger partial charge in [0.05, 0.1) is 0 Å². The van der Waals surface area contributed by atoms with Crippen LogP contribution in [-0.2, 0) is 6.54 Å². The van der Waals surface area contributed by atoms with E-state index in [1.807, 2.05) is 55.5 Å². The first-order valence-corrected chi connectivity index (χ1v) is 8.49. The highest BCUT2D eigenvalue weighted by atomic mass is 35.5. The summed E-state index contributed by atoms with van der Waals surface area (Å²) in [5, 5.41) is 0. The fourth-order valence-corrected chi connectivity index (χ4v) is 2.96. The van der Waals surface area contributed by atoms with E-state index in [0.717, 1.165) is 34.4 Å². The molecule has 0 fully saturated rings. The second kappa shape index (κ2) is 8.79. The van der Waals surface area contributed by atoms with Crippen molar-refractivity contribution in [2.24, 2.45) is 0 Å². The van der Waals surface area contributed by atoms with E-state index in [4.69, 9.17) is 0 Å². The molecule has 3 aromatic carbocycles. The lowest BCUT2D eigenvalue weighted by Gasteiger charge is -2.10. The normalized spacial score (nSPS) is 10.5. The van der Waals surface area contributed by atoms with Crippen LogP contribution < -0.4 is 0 Å². The van der Waals surface area contributed by atoms with Gasteiger partial charge < -0.3 is 4.90 Å². The smallest absolute Gasteiger partial charge is 0.193 e. The van der Waals surface area contributed by atoms with Crippen LogP contribution in [0.5, 0.6) is 0 Å². The number of carbonyl (C=O) groups excluding carboxylic acids is 1. The van der Waals surface area contributed by atoms with Gasteiger partial charge in [0.15, 0.2) is 5.78 Å². The molecule has 2 nitrogen and oxygen atoms in total. The number of hydrogen-bond donors (Lipinski definition) is 0.